The molecule has 110 valence electrons. The summed E-state index contributed by atoms with van der Waals surface area (Å²) in [5.41, 5.74) is -0.288. The predicted molar refractivity (Wildman–Crippen MR) is 67.7 cm³/mol. The molecule has 1 aromatic rings. The number of hydrogen-bond acceptors (Lipinski definition) is 3. The number of anilines is 1. The normalized spacial score (nSPS) is 29.6. The van der Waals surface area contributed by atoms with E-state index < -0.39 is 35.3 Å². The Bertz CT molecular complexity index is 644. The van der Waals surface area contributed by atoms with Crippen molar-refractivity contribution in [1.82, 2.24) is 0 Å². The molecule has 0 aromatic heterocycles. The number of fused-ring (bicyclic) bond motifs is 2. The number of aliphatic carboxylic acids is 1. The van der Waals surface area contributed by atoms with Crippen LogP contribution in [0.15, 0.2) is 30.4 Å². The van der Waals surface area contributed by atoms with Crippen molar-refractivity contribution in [1.29, 1.82) is 0 Å². The van der Waals surface area contributed by atoms with Crippen molar-refractivity contribution in [3.05, 3.63) is 42.0 Å². The van der Waals surface area contributed by atoms with Crippen LogP contribution in [-0.2, 0) is 9.59 Å². The van der Waals surface area contributed by atoms with Crippen LogP contribution in [0.25, 0.3) is 0 Å². The summed E-state index contributed by atoms with van der Waals surface area (Å²) >= 11 is 0. The van der Waals surface area contributed by atoms with Crippen molar-refractivity contribution >= 4 is 17.6 Å². The van der Waals surface area contributed by atoms with Crippen LogP contribution in [0.4, 0.5) is 14.5 Å². The Morgan fingerprint density at radius 3 is 2.48 bits per heavy atom. The average Bonchev–Trinajstić information content (AvgIpc) is 3.03. The van der Waals surface area contributed by atoms with Crippen molar-refractivity contribution in [2.24, 2.45) is 23.7 Å². The highest BCUT2D eigenvalue weighted by Crippen LogP contribution is 2.48. The fourth-order valence-electron chi connectivity index (χ4n) is 3.31. The van der Waals surface area contributed by atoms with Gasteiger partial charge in [-0.1, -0.05) is 12.2 Å². The molecule has 4 atom stereocenters. The minimum absolute atomic E-state index is 0.200. The van der Waals surface area contributed by atoms with Crippen molar-refractivity contribution in [2.75, 3.05) is 5.32 Å². The van der Waals surface area contributed by atoms with Gasteiger partial charge in [-0.05, 0) is 30.4 Å². The van der Waals surface area contributed by atoms with Crippen LogP contribution in [0.3, 0.4) is 0 Å². The molecule has 1 saturated carbocycles. The monoisotopic (exact) mass is 292 g/mol. The highest BCUT2D eigenvalue weighted by Gasteiger charge is 2.48. The number of hydrogen-bond donors (Lipinski definition) is 1. The summed E-state index contributed by atoms with van der Waals surface area (Å²) in [6.45, 7) is 0. The molecule has 1 N–H and O–H groups in total. The Hall–Kier alpha value is -2.24. The Morgan fingerprint density at radius 2 is 1.81 bits per heavy atom. The molecular weight excluding hydrogens is 280 g/mol. The quantitative estimate of drug-likeness (QED) is 0.848. The number of amides is 1. The molecule has 0 saturated heterocycles. The molecule has 0 radical (unpaired) electrons. The van der Waals surface area contributed by atoms with Gasteiger partial charge in [-0.2, -0.15) is 0 Å². The molecule has 3 rings (SSSR count). The van der Waals surface area contributed by atoms with Crippen molar-refractivity contribution in [3.8, 4) is 0 Å². The molecule has 0 spiro atoms. The second-order valence-corrected chi connectivity index (χ2v) is 5.43. The highest BCUT2D eigenvalue weighted by atomic mass is 19.1. The van der Waals surface area contributed by atoms with E-state index in [-0.39, 0.29) is 17.5 Å². The fraction of sp³-hybridized carbons (Fsp3) is 0.333. The van der Waals surface area contributed by atoms with Gasteiger partial charge in [-0.15, -0.1) is 0 Å². The molecule has 2 aliphatic carbocycles. The highest BCUT2D eigenvalue weighted by molar-refractivity contribution is 5.96. The zero-order chi connectivity index (χ0) is 15.1. The third-order valence-electron chi connectivity index (χ3n) is 4.22. The third kappa shape index (κ3) is 2.30. The SMILES string of the molecule is O=C([O-])[C@H]1[C@H](C(=O)Nc2cc(F)ccc2F)[C@H]2C=C[C@@H]1C2. The van der Waals surface area contributed by atoms with Crippen LogP contribution in [0.5, 0.6) is 0 Å². The summed E-state index contributed by atoms with van der Waals surface area (Å²) in [4.78, 5) is 23.5. The number of carboxylic acid groups (broad SMARTS) is 1. The minimum atomic E-state index is -1.29. The van der Waals surface area contributed by atoms with E-state index in [4.69, 9.17) is 0 Å². The van der Waals surface area contributed by atoms with Crippen LogP contribution in [0.2, 0.25) is 0 Å². The minimum Gasteiger partial charge on any atom is -0.550 e. The maximum absolute atomic E-state index is 13.5. The number of carboxylic acids is 1. The second-order valence-electron chi connectivity index (χ2n) is 5.43. The third-order valence-corrected chi connectivity index (χ3v) is 4.22. The zero-order valence-electron chi connectivity index (χ0n) is 10.9. The Morgan fingerprint density at radius 1 is 1.14 bits per heavy atom. The Kier molecular flexibility index (Phi) is 3.23. The number of carbonyl (C=O) groups excluding carboxylic acids is 2. The smallest absolute Gasteiger partial charge is 0.228 e. The summed E-state index contributed by atoms with van der Waals surface area (Å²) in [5, 5.41) is 13.5. The first-order chi connectivity index (χ1) is 9.97. The predicted octanol–water partition coefficient (Wildman–Crippen LogP) is 1.09. The Labute approximate surface area is 119 Å². The van der Waals surface area contributed by atoms with Crippen molar-refractivity contribution < 1.29 is 23.5 Å². The van der Waals surface area contributed by atoms with Crippen molar-refractivity contribution in [3.63, 3.8) is 0 Å². The van der Waals surface area contributed by atoms with E-state index in [1.165, 1.54) is 0 Å². The first-order valence-corrected chi connectivity index (χ1v) is 6.62. The number of nitrogens with one attached hydrogen (secondary N) is 1. The van der Waals surface area contributed by atoms with Gasteiger partial charge < -0.3 is 15.2 Å². The molecule has 0 aliphatic heterocycles. The van der Waals surface area contributed by atoms with Gasteiger partial charge in [-0.3, -0.25) is 4.79 Å². The Balaban J connectivity index is 1.83. The van der Waals surface area contributed by atoms with Gasteiger partial charge in [-0.25, -0.2) is 8.78 Å². The molecule has 4 nitrogen and oxygen atoms in total. The maximum atomic E-state index is 13.5. The largest absolute Gasteiger partial charge is 0.550 e. The van der Waals surface area contributed by atoms with Crippen LogP contribution >= 0.6 is 0 Å². The first kappa shape index (κ1) is 13.7. The summed E-state index contributed by atoms with van der Waals surface area (Å²) in [6, 6.07) is 2.71. The standard InChI is InChI=1S/C15H13F2NO3/c16-9-3-4-10(17)11(6-9)18-14(19)12-7-1-2-8(5-7)13(12)15(20)21/h1-4,6-8,12-13H,5H2,(H,18,19)(H,20,21)/p-1/t7-,8+,12+,13+/m0/s1. The van der Waals surface area contributed by atoms with E-state index in [1.807, 2.05) is 0 Å². The van der Waals surface area contributed by atoms with E-state index in [0.717, 1.165) is 18.2 Å². The van der Waals surface area contributed by atoms with Gasteiger partial charge >= 0.3 is 0 Å². The van der Waals surface area contributed by atoms with Gasteiger partial charge in [0.2, 0.25) is 5.91 Å². The maximum Gasteiger partial charge on any atom is 0.228 e. The molecule has 0 heterocycles. The van der Waals surface area contributed by atoms with Gasteiger partial charge in [0.25, 0.3) is 0 Å². The van der Waals surface area contributed by atoms with Gasteiger partial charge in [0.1, 0.15) is 11.6 Å². The van der Waals surface area contributed by atoms with Crippen LogP contribution in [-0.4, -0.2) is 11.9 Å². The average molecular weight is 292 g/mol. The van der Waals surface area contributed by atoms with E-state index in [1.54, 1.807) is 12.2 Å². The van der Waals surface area contributed by atoms with Gasteiger partial charge in [0.15, 0.2) is 0 Å². The second kappa shape index (κ2) is 4.95. The van der Waals surface area contributed by atoms with E-state index in [9.17, 15) is 23.5 Å². The summed E-state index contributed by atoms with van der Waals surface area (Å²) in [6.07, 6.45) is 4.15. The van der Waals surface area contributed by atoms with Crippen LogP contribution in [0.1, 0.15) is 6.42 Å². The lowest BCUT2D eigenvalue weighted by Gasteiger charge is -2.27. The van der Waals surface area contributed by atoms with Gasteiger partial charge in [0, 0.05) is 18.0 Å². The molecule has 1 fully saturated rings. The van der Waals surface area contributed by atoms with E-state index in [2.05, 4.69) is 5.32 Å². The fourth-order valence-corrected chi connectivity index (χ4v) is 3.31. The number of halogens is 2. The molecule has 1 aromatic carbocycles. The number of benzene rings is 1. The molecule has 0 unspecified atom stereocenters. The number of allylic oxidation sites excluding steroid dienone is 2. The van der Waals surface area contributed by atoms with E-state index >= 15 is 0 Å². The molecule has 6 heteroatoms. The first-order valence-electron chi connectivity index (χ1n) is 6.62. The molecular formula is C15H12F2NO3-. The zero-order valence-corrected chi connectivity index (χ0v) is 10.9. The molecule has 1 amide bonds. The molecule has 2 bridgehead atoms. The van der Waals surface area contributed by atoms with Crippen LogP contribution < -0.4 is 10.4 Å². The summed E-state index contributed by atoms with van der Waals surface area (Å²) in [7, 11) is 0. The number of rotatable bonds is 3. The summed E-state index contributed by atoms with van der Waals surface area (Å²) in [5.74, 6) is -5.52. The van der Waals surface area contributed by atoms with Gasteiger partial charge in [0.05, 0.1) is 11.6 Å². The molecule has 2 aliphatic rings. The lowest BCUT2D eigenvalue weighted by Crippen LogP contribution is -2.43. The summed E-state index contributed by atoms with van der Waals surface area (Å²) < 4.78 is 26.6. The molecule has 21 heavy (non-hydrogen) atoms. The topological polar surface area (TPSA) is 69.2 Å². The number of carbonyl (C=O) groups is 2. The van der Waals surface area contributed by atoms with Crippen molar-refractivity contribution in [2.45, 2.75) is 6.42 Å². The lowest BCUT2D eigenvalue weighted by molar-refractivity contribution is -0.313. The van der Waals surface area contributed by atoms with Crippen LogP contribution in [0, 0.1) is 35.3 Å². The lowest BCUT2D eigenvalue weighted by atomic mass is 9.82. The van der Waals surface area contributed by atoms with E-state index in [0.29, 0.717) is 6.42 Å².